The standard InChI is InChI=1S/C18H25BrN2O2/c1-18(2,3)12-4-8-14(9-5-12)20-16(22)17(23)21-15-10-6-13(19)7-11-15/h6-7,10-12,14H,4-5,8-9H2,1-3H3,(H,20,22)(H,21,23). The summed E-state index contributed by atoms with van der Waals surface area (Å²) in [6.45, 7) is 6.80. The molecule has 0 aliphatic heterocycles. The van der Waals surface area contributed by atoms with E-state index in [-0.39, 0.29) is 6.04 Å². The SMILES string of the molecule is CC(C)(C)C1CCC(NC(=O)C(=O)Nc2ccc(Br)cc2)CC1. The molecule has 1 aromatic carbocycles. The number of halogens is 1. The molecule has 1 fully saturated rings. The molecule has 126 valence electrons. The van der Waals surface area contributed by atoms with Gasteiger partial charge in [-0.05, 0) is 61.3 Å². The van der Waals surface area contributed by atoms with Gasteiger partial charge in [-0.25, -0.2) is 0 Å². The van der Waals surface area contributed by atoms with Crippen molar-refractivity contribution in [1.29, 1.82) is 0 Å². The van der Waals surface area contributed by atoms with E-state index in [0.717, 1.165) is 30.2 Å². The number of anilines is 1. The number of benzene rings is 1. The minimum atomic E-state index is -0.606. The van der Waals surface area contributed by atoms with Gasteiger partial charge in [0.2, 0.25) is 0 Å². The lowest BCUT2D eigenvalue weighted by molar-refractivity contribution is -0.136. The average Bonchev–Trinajstić information content (AvgIpc) is 2.49. The zero-order chi connectivity index (χ0) is 17.0. The summed E-state index contributed by atoms with van der Waals surface area (Å²) < 4.78 is 0.926. The maximum absolute atomic E-state index is 12.0. The largest absolute Gasteiger partial charge is 0.345 e. The first-order valence-corrected chi connectivity index (χ1v) is 8.92. The number of hydrogen-bond acceptors (Lipinski definition) is 2. The van der Waals surface area contributed by atoms with E-state index in [2.05, 4.69) is 47.3 Å². The Kier molecular flexibility index (Phi) is 5.84. The summed E-state index contributed by atoms with van der Waals surface area (Å²) >= 11 is 3.33. The molecule has 0 spiro atoms. The summed E-state index contributed by atoms with van der Waals surface area (Å²) in [5.41, 5.74) is 0.929. The summed E-state index contributed by atoms with van der Waals surface area (Å²) in [5, 5.41) is 5.48. The van der Waals surface area contributed by atoms with Crippen molar-refractivity contribution in [2.24, 2.45) is 11.3 Å². The third-order valence-corrected chi connectivity index (χ3v) is 5.12. The normalized spacial score (nSPS) is 21.6. The predicted molar refractivity (Wildman–Crippen MR) is 96.1 cm³/mol. The molecule has 2 amide bonds. The lowest BCUT2D eigenvalue weighted by Crippen LogP contribution is -2.44. The maximum atomic E-state index is 12.0. The van der Waals surface area contributed by atoms with Gasteiger partial charge in [-0.2, -0.15) is 0 Å². The molecule has 0 atom stereocenters. The lowest BCUT2D eigenvalue weighted by Gasteiger charge is -2.37. The van der Waals surface area contributed by atoms with Gasteiger partial charge >= 0.3 is 11.8 Å². The number of amides is 2. The zero-order valence-corrected chi connectivity index (χ0v) is 15.6. The van der Waals surface area contributed by atoms with E-state index in [1.54, 1.807) is 12.1 Å². The number of rotatable bonds is 2. The van der Waals surface area contributed by atoms with Gasteiger partial charge in [-0.15, -0.1) is 0 Å². The van der Waals surface area contributed by atoms with Gasteiger partial charge in [0.05, 0.1) is 0 Å². The van der Waals surface area contributed by atoms with Crippen LogP contribution in [0.4, 0.5) is 5.69 Å². The Morgan fingerprint density at radius 2 is 1.57 bits per heavy atom. The fourth-order valence-corrected chi connectivity index (χ4v) is 3.34. The second-order valence-corrected chi connectivity index (χ2v) is 8.26. The zero-order valence-electron chi connectivity index (χ0n) is 14.0. The third-order valence-electron chi connectivity index (χ3n) is 4.60. The van der Waals surface area contributed by atoms with Crippen LogP contribution in [0.2, 0.25) is 0 Å². The molecule has 0 unspecified atom stereocenters. The quantitative estimate of drug-likeness (QED) is 0.758. The van der Waals surface area contributed by atoms with Gasteiger partial charge in [0, 0.05) is 16.2 Å². The second-order valence-electron chi connectivity index (χ2n) is 7.35. The van der Waals surface area contributed by atoms with E-state index in [1.807, 2.05) is 12.1 Å². The van der Waals surface area contributed by atoms with Gasteiger partial charge in [-0.1, -0.05) is 36.7 Å². The fraction of sp³-hybridized carbons (Fsp3) is 0.556. The van der Waals surface area contributed by atoms with Crippen LogP contribution in [0.5, 0.6) is 0 Å². The molecule has 4 nitrogen and oxygen atoms in total. The summed E-state index contributed by atoms with van der Waals surface area (Å²) in [6.07, 6.45) is 4.09. The number of carbonyl (C=O) groups excluding carboxylic acids is 2. The van der Waals surface area contributed by atoms with Crippen molar-refractivity contribution in [1.82, 2.24) is 5.32 Å². The Bertz CT molecular complexity index is 555. The third kappa shape index (κ3) is 5.34. The van der Waals surface area contributed by atoms with Crippen molar-refractivity contribution in [3.8, 4) is 0 Å². The monoisotopic (exact) mass is 380 g/mol. The molecule has 1 aliphatic rings. The Morgan fingerprint density at radius 1 is 1.00 bits per heavy atom. The number of hydrogen-bond donors (Lipinski definition) is 2. The predicted octanol–water partition coefficient (Wildman–Crippen LogP) is 4.11. The first kappa shape index (κ1) is 18.0. The van der Waals surface area contributed by atoms with Crippen LogP contribution in [-0.2, 0) is 9.59 Å². The van der Waals surface area contributed by atoms with Crippen molar-refractivity contribution >= 4 is 33.4 Å². The van der Waals surface area contributed by atoms with E-state index in [1.165, 1.54) is 0 Å². The highest BCUT2D eigenvalue weighted by Gasteiger charge is 2.30. The molecule has 1 aromatic rings. The Labute approximate surface area is 146 Å². The van der Waals surface area contributed by atoms with Crippen LogP contribution in [0.1, 0.15) is 46.5 Å². The van der Waals surface area contributed by atoms with Gasteiger partial charge < -0.3 is 10.6 Å². The van der Waals surface area contributed by atoms with Gasteiger partial charge in [-0.3, -0.25) is 9.59 Å². The minimum Gasteiger partial charge on any atom is -0.345 e. The van der Waals surface area contributed by atoms with Crippen molar-refractivity contribution in [3.05, 3.63) is 28.7 Å². The van der Waals surface area contributed by atoms with E-state index in [0.29, 0.717) is 17.0 Å². The van der Waals surface area contributed by atoms with Crippen LogP contribution in [-0.4, -0.2) is 17.9 Å². The van der Waals surface area contributed by atoms with E-state index >= 15 is 0 Å². The molecule has 1 aliphatic carbocycles. The molecule has 5 heteroatoms. The molecule has 2 rings (SSSR count). The van der Waals surface area contributed by atoms with E-state index in [9.17, 15) is 9.59 Å². The highest BCUT2D eigenvalue weighted by atomic mass is 79.9. The first-order valence-electron chi connectivity index (χ1n) is 8.13. The van der Waals surface area contributed by atoms with Gasteiger partial charge in [0.25, 0.3) is 0 Å². The summed E-state index contributed by atoms with van der Waals surface area (Å²) in [6, 6.07) is 7.26. The van der Waals surface area contributed by atoms with Crippen LogP contribution in [0, 0.1) is 11.3 Å². The molecular formula is C18H25BrN2O2. The Hall–Kier alpha value is -1.36. The summed E-state index contributed by atoms with van der Waals surface area (Å²) in [7, 11) is 0. The topological polar surface area (TPSA) is 58.2 Å². The van der Waals surface area contributed by atoms with Crippen molar-refractivity contribution in [2.75, 3.05) is 5.32 Å². The van der Waals surface area contributed by atoms with Crippen LogP contribution in [0.25, 0.3) is 0 Å². The number of nitrogens with one attached hydrogen (secondary N) is 2. The van der Waals surface area contributed by atoms with Crippen molar-refractivity contribution < 1.29 is 9.59 Å². The second kappa shape index (κ2) is 7.47. The molecule has 0 saturated heterocycles. The Morgan fingerprint density at radius 3 is 2.09 bits per heavy atom. The molecule has 0 radical (unpaired) electrons. The highest BCUT2D eigenvalue weighted by Crippen LogP contribution is 2.37. The average molecular weight is 381 g/mol. The van der Waals surface area contributed by atoms with Gasteiger partial charge in [0.1, 0.15) is 0 Å². The first-order chi connectivity index (χ1) is 10.8. The molecular weight excluding hydrogens is 356 g/mol. The van der Waals surface area contributed by atoms with Crippen LogP contribution in [0.15, 0.2) is 28.7 Å². The van der Waals surface area contributed by atoms with Crippen molar-refractivity contribution in [2.45, 2.75) is 52.5 Å². The smallest absolute Gasteiger partial charge is 0.313 e. The van der Waals surface area contributed by atoms with Crippen LogP contribution < -0.4 is 10.6 Å². The molecule has 0 heterocycles. The van der Waals surface area contributed by atoms with Crippen LogP contribution in [0.3, 0.4) is 0 Å². The molecule has 0 bridgehead atoms. The fourth-order valence-electron chi connectivity index (χ4n) is 3.08. The van der Waals surface area contributed by atoms with Crippen molar-refractivity contribution in [3.63, 3.8) is 0 Å². The van der Waals surface area contributed by atoms with E-state index < -0.39 is 11.8 Å². The van der Waals surface area contributed by atoms with Gasteiger partial charge in [0.15, 0.2) is 0 Å². The molecule has 2 N–H and O–H groups in total. The molecule has 1 saturated carbocycles. The van der Waals surface area contributed by atoms with Crippen LogP contribution >= 0.6 is 15.9 Å². The molecule has 0 aromatic heterocycles. The highest BCUT2D eigenvalue weighted by molar-refractivity contribution is 9.10. The lowest BCUT2D eigenvalue weighted by atomic mass is 9.71. The summed E-state index contributed by atoms with van der Waals surface area (Å²) in [4.78, 5) is 24.0. The Balaban J connectivity index is 1.80. The minimum absolute atomic E-state index is 0.108. The maximum Gasteiger partial charge on any atom is 0.313 e. The number of carbonyl (C=O) groups is 2. The van der Waals surface area contributed by atoms with E-state index in [4.69, 9.17) is 0 Å². The molecule has 23 heavy (non-hydrogen) atoms. The summed E-state index contributed by atoms with van der Waals surface area (Å²) in [5.74, 6) is -0.468.